The van der Waals surface area contributed by atoms with Crippen LogP contribution in [0.3, 0.4) is 0 Å². The molecule has 1 atom stereocenters. The van der Waals surface area contributed by atoms with E-state index in [-0.39, 0.29) is 5.04 Å². The van der Waals surface area contributed by atoms with Gasteiger partial charge in [0.15, 0.2) is 8.32 Å². The maximum Gasteiger partial charge on any atom is 0.195 e. The van der Waals surface area contributed by atoms with Crippen LogP contribution in [0, 0.1) is 0 Å². The molecule has 0 aromatic rings. The molecule has 0 bridgehead atoms. The van der Waals surface area contributed by atoms with E-state index in [0.717, 1.165) is 0 Å². The van der Waals surface area contributed by atoms with E-state index in [1.807, 2.05) is 6.92 Å². The molecule has 0 aliphatic rings. The molecule has 1 N–H and O–H groups in total. The van der Waals surface area contributed by atoms with Gasteiger partial charge in [0.05, 0.1) is 0 Å². The summed E-state index contributed by atoms with van der Waals surface area (Å²) >= 11 is 0. The van der Waals surface area contributed by atoms with Gasteiger partial charge in [0.1, 0.15) is 6.29 Å². The van der Waals surface area contributed by atoms with Gasteiger partial charge in [0.25, 0.3) is 0 Å². The van der Waals surface area contributed by atoms with Gasteiger partial charge in [0, 0.05) is 0 Å². The second kappa shape index (κ2) is 3.90. The maximum absolute atomic E-state index is 9.37. The minimum Gasteiger partial charge on any atom is -0.392 e. The van der Waals surface area contributed by atoms with Crippen molar-refractivity contribution < 1.29 is 9.53 Å². The third kappa shape index (κ3) is 3.25. The zero-order valence-electron chi connectivity index (χ0n) is 9.14. The summed E-state index contributed by atoms with van der Waals surface area (Å²) in [5, 5.41) is 9.55. The van der Waals surface area contributed by atoms with E-state index in [9.17, 15) is 5.11 Å². The maximum atomic E-state index is 9.37. The minimum atomic E-state index is -1.74. The van der Waals surface area contributed by atoms with Gasteiger partial charge < -0.3 is 9.53 Å². The SMILES string of the molecule is CCC(O)O[Si](C)(C)C(C)(C)C. The minimum absolute atomic E-state index is 0.184. The van der Waals surface area contributed by atoms with E-state index >= 15 is 0 Å². The van der Waals surface area contributed by atoms with Gasteiger partial charge in [-0.1, -0.05) is 27.7 Å². The number of hydrogen-bond donors (Lipinski definition) is 1. The molecular formula is C9H22O2Si. The van der Waals surface area contributed by atoms with Crippen molar-refractivity contribution >= 4 is 8.32 Å². The van der Waals surface area contributed by atoms with Crippen molar-refractivity contribution in [1.82, 2.24) is 0 Å². The van der Waals surface area contributed by atoms with Crippen molar-refractivity contribution in [2.45, 2.75) is 58.5 Å². The van der Waals surface area contributed by atoms with Gasteiger partial charge >= 0.3 is 0 Å². The first-order valence-corrected chi connectivity index (χ1v) is 7.47. The highest BCUT2D eigenvalue weighted by atomic mass is 28.4. The summed E-state index contributed by atoms with van der Waals surface area (Å²) in [7, 11) is -1.74. The van der Waals surface area contributed by atoms with E-state index in [1.54, 1.807) is 0 Å². The lowest BCUT2D eigenvalue weighted by Crippen LogP contribution is -2.43. The predicted octanol–water partition coefficient (Wildman–Crippen LogP) is 2.74. The van der Waals surface area contributed by atoms with Crippen LogP contribution < -0.4 is 0 Å². The summed E-state index contributed by atoms with van der Waals surface area (Å²) in [4.78, 5) is 0. The Morgan fingerprint density at radius 3 is 2.00 bits per heavy atom. The molecule has 0 aliphatic carbocycles. The van der Waals surface area contributed by atoms with Crippen LogP contribution in [0.1, 0.15) is 34.1 Å². The van der Waals surface area contributed by atoms with Crippen molar-refractivity contribution in [2.75, 3.05) is 0 Å². The molecule has 0 aromatic heterocycles. The van der Waals surface area contributed by atoms with Crippen molar-refractivity contribution in [3.63, 3.8) is 0 Å². The quantitative estimate of drug-likeness (QED) is 0.548. The van der Waals surface area contributed by atoms with Crippen LogP contribution in [0.15, 0.2) is 0 Å². The average molecular weight is 190 g/mol. The summed E-state index contributed by atoms with van der Waals surface area (Å²) in [6.45, 7) is 12.7. The van der Waals surface area contributed by atoms with E-state index in [0.29, 0.717) is 6.42 Å². The normalized spacial score (nSPS) is 16.2. The molecule has 74 valence electrons. The Bertz CT molecular complexity index is 138. The van der Waals surface area contributed by atoms with Gasteiger partial charge in [0.2, 0.25) is 0 Å². The standard InChI is InChI=1S/C9H22O2Si/c1-7-8(10)11-12(5,6)9(2,3)4/h8,10H,7H2,1-6H3. The van der Waals surface area contributed by atoms with Crippen molar-refractivity contribution in [2.24, 2.45) is 0 Å². The van der Waals surface area contributed by atoms with Gasteiger partial charge in [-0.2, -0.15) is 0 Å². The third-order valence-electron chi connectivity index (χ3n) is 2.59. The van der Waals surface area contributed by atoms with E-state index in [2.05, 4.69) is 33.9 Å². The van der Waals surface area contributed by atoms with Crippen LogP contribution >= 0.6 is 0 Å². The zero-order chi connectivity index (χ0) is 9.99. The predicted molar refractivity (Wildman–Crippen MR) is 54.6 cm³/mol. The second-order valence-electron chi connectivity index (χ2n) is 4.74. The second-order valence-corrected chi connectivity index (χ2v) is 9.50. The van der Waals surface area contributed by atoms with Crippen molar-refractivity contribution in [1.29, 1.82) is 0 Å². The lowest BCUT2D eigenvalue weighted by atomic mass is 10.2. The van der Waals surface area contributed by atoms with Crippen LogP contribution in [0.2, 0.25) is 18.1 Å². The van der Waals surface area contributed by atoms with Crippen LogP contribution in [0.25, 0.3) is 0 Å². The Morgan fingerprint density at radius 2 is 1.75 bits per heavy atom. The van der Waals surface area contributed by atoms with Crippen molar-refractivity contribution in [3.8, 4) is 0 Å². The molecule has 3 heteroatoms. The van der Waals surface area contributed by atoms with E-state index in [4.69, 9.17) is 4.43 Å². The summed E-state index contributed by atoms with van der Waals surface area (Å²) in [5.41, 5.74) is 0. The molecule has 0 heterocycles. The Balaban J connectivity index is 4.22. The number of aliphatic hydroxyl groups excluding tert-OH is 1. The summed E-state index contributed by atoms with van der Waals surface area (Å²) in [5.74, 6) is 0. The molecule has 12 heavy (non-hydrogen) atoms. The Morgan fingerprint density at radius 1 is 1.33 bits per heavy atom. The summed E-state index contributed by atoms with van der Waals surface area (Å²) in [6, 6.07) is 0. The molecule has 0 saturated carbocycles. The molecule has 0 saturated heterocycles. The van der Waals surface area contributed by atoms with E-state index in [1.165, 1.54) is 0 Å². The third-order valence-corrected chi connectivity index (χ3v) is 7.06. The van der Waals surface area contributed by atoms with Gasteiger partial charge in [-0.25, -0.2) is 0 Å². The first-order chi connectivity index (χ1) is 5.20. The fraction of sp³-hybridized carbons (Fsp3) is 1.00. The smallest absolute Gasteiger partial charge is 0.195 e. The molecule has 0 spiro atoms. The molecular weight excluding hydrogens is 168 g/mol. The number of hydrogen-bond acceptors (Lipinski definition) is 2. The van der Waals surface area contributed by atoms with Crippen LogP contribution in [0.4, 0.5) is 0 Å². The number of rotatable bonds is 3. The lowest BCUT2D eigenvalue weighted by Gasteiger charge is -2.37. The fourth-order valence-corrected chi connectivity index (χ4v) is 1.80. The molecule has 0 fully saturated rings. The lowest BCUT2D eigenvalue weighted by molar-refractivity contribution is -0.0299. The van der Waals surface area contributed by atoms with E-state index < -0.39 is 14.6 Å². The monoisotopic (exact) mass is 190 g/mol. The topological polar surface area (TPSA) is 29.5 Å². The largest absolute Gasteiger partial charge is 0.392 e. The molecule has 0 aliphatic heterocycles. The highest BCUT2D eigenvalue weighted by molar-refractivity contribution is 6.74. The molecule has 0 aromatic carbocycles. The summed E-state index contributed by atoms with van der Waals surface area (Å²) in [6.07, 6.45) is 0.0952. The van der Waals surface area contributed by atoms with Crippen LogP contribution in [0.5, 0.6) is 0 Å². The number of aliphatic hydroxyl groups is 1. The molecule has 2 nitrogen and oxygen atoms in total. The molecule has 0 amide bonds. The average Bonchev–Trinajstić information content (AvgIpc) is 1.84. The zero-order valence-corrected chi connectivity index (χ0v) is 10.1. The van der Waals surface area contributed by atoms with Crippen LogP contribution in [-0.4, -0.2) is 19.7 Å². The molecule has 0 radical (unpaired) electrons. The van der Waals surface area contributed by atoms with Gasteiger partial charge in [-0.05, 0) is 24.6 Å². The van der Waals surface area contributed by atoms with Gasteiger partial charge in [-0.15, -0.1) is 0 Å². The van der Waals surface area contributed by atoms with Gasteiger partial charge in [-0.3, -0.25) is 0 Å². The first-order valence-electron chi connectivity index (χ1n) is 4.56. The highest BCUT2D eigenvalue weighted by Crippen LogP contribution is 2.37. The molecule has 0 rings (SSSR count). The highest BCUT2D eigenvalue weighted by Gasteiger charge is 2.38. The van der Waals surface area contributed by atoms with Crippen molar-refractivity contribution in [3.05, 3.63) is 0 Å². The Hall–Kier alpha value is 0.137. The Labute approximate surface area is 77.1 Å². The van der Waals surface area contributed by atoms with Crippen LogP contribution in [-0.2, 0) is 4.43 Å². The fourth-order valence-electron chi connectivity index (χ4n) is 0.600. The summed E-state index contributed by atoms with van der Waals surface area (Å²) < 4.78 is 5.65. The molecule has 1 unspecified atom stereocenters. The Kier molecular flexibility index (Phi) is 3.94. The first kappa shape index (κ1) is 12.1.